The van der Waals surface area contributed by atoms with Crippen LogP contribution in [0.5, 0.6) is 11.5 Å². The van der Waals surface area contributed by atoms with Crippen molar-refractivity contribution in [2.75, 3.05) is 45.2 Å². The first-order valence-corrected chi connectivity index (χ1v) is 11.5. The lowest BCUT2D eigenvalue weighted by molar-refractivity contribution is -0.127. The fourth-order valence-corrected chi connectivity index (χ4v) is 5.04. The molecule has 1 fully saturated rings. The molecule has 0 aromatic heterocycles. The number of amides is 2. The van der Waals surface area contributed by atoms with E-state index in [9.17, 15) is 18.0 Å². The number of nitrogens with one attached hydrogen (secondary N) is 1. The van der Waals surface area contributed by atoms with Crippen molar-refractivity contribution in [2.24, 2.45) is 0 Å². The first-order valence-electron chi connectivity index (χ1n) is 10.1. The third-order valence-electron chi connectivity index (χ3n) is 5.32. The molecule has 168 valence electrons. The molecule has 9 nitrogen and oxygen atoms in total. The van der Waals surface area contributed by atoms with Gasteiger partial charge in [-0.1, -0.05) is 18.2 Å². The van der Waals surface area contributed by atoms with E-state index in [1.54, 1.807) is 18.1 Å². The van der Waals surface area contributed by atoms with E-state index in [2.05, 4.69) is 5.32 Å². The third kappa shape index (κ3) is 4.46. The SMILES string of the molecule is COc1ccccc1/C=C/C(=O)N1CCN(S(=O)(=O)c2ccc3c(c2)NC(=O)CO3)CC1. The Bertz CT molecular complexity index is 1170. The number of carbonyl (C=O) groups is 2. The van der Waals surface area contributed by atoms with Gasteiger partial charge in [0.1, 0.15) is 11.5 Å². The number of nitrogens with zero attached hydrogens (tertiary/aromatic N) is 2. The highest BCUT2D eigenvalue weighted by molar-refractivity contribution is 7.89. The molecule has 2 aromatic rings. The molecule has 32 heavy (non-hydrogen) atoms. The number of sulfonamides is 1. The average Bonchev–Trinajstić information content (AvgIpc) is 2.82. The minimum absolute atomic E-state index is 0.0675. The molecule has 0 unspecified atom stereocenters. The number of hydrogen-bond acceptors (Lipinski definition) is 6. The van der Waals surface area contributed by atoms with Gasteiger partial charge in [-0.2, -0.15) is 4.31 Å². The first-order chi connectivity index (χ1) is 15.4. The highest BCUT2D eigenvalue weighted by atomic mass is 32.2. The van der Waals surface area contributed by atoms with Crippen LogP contribution in [0.25, 0.3) is 6.08 Å². The van der Waals surface area contributed by atoms with Crippen molar-refractivity contribution < 1.29 is 27.5 Å². The Morgan fingerprint density at radius 3 is 2.62 bits per heavy atom. The van der Waals surface area contributed by atoms with E-state index in [-0.39, 0.29) is 49.5 Å². The second-order valence-corrected chi connectivity index (χ2v) is 9.24. The number of piperazine rings is 1. The van der Waals surface area contributed by atoms with Crippen molar-refractivity contribution in [1.29, 1.82) is 0 Å². The molecule has 1 N–H and O–H groups in total. The monoisotopic (exact) mass is 457 g/mol. The maximum Gasteiger partial charge on any atom is 0.262 e. The van der Waals surface area contributed by atoms with Crippen LogP contribution in [0.15, 0.2) is 53.4 Å². The number of para-hydroxylation sites is 1. The molecule has 0 radical (unpaired) electrons. The molecule has 2 aliphatic rings. The van der Waals surface area contributed by atoms with Gasteiger partial charge in [-0.05, 0) is 30.3 Å². The van der Waals surface area contributed by atoms with E-state index in [1.165, 1.54) is 28.6 Å². The Hall–Kier alpha value is -3.37. The number of benzene rings is 2. The van der Waals surface area contributed by atoms with E-state index < -0.39 is 10.0 Å². The van der Waals surface area contributed by atoms with Gasteiger partial charge in [0.15, 0.2) is 6.61 Å². The van der Waals surface area contributed by atoms with Crippen LogP contribution in [0.2, 0.25) is 0 Å². The van der Waals surface area contributed by atoms with Gasteiger partial charge in [-0.25, -0.2) is 8.42 Å². The quantitative estimate of drug-likeness (QED) is 0.684. The predicted molar refractivity (Wildman–Crippen MR) is 118 cm³/mol. The van der Waals surface area contributed by atoms with Crippen LogP contribution in [0.3, 0.4) is 0 Å². The van der Waals surface area contributed by atoms with Gasteiger partial charge in [0.25, 0.3) is 5.91 Å². The standard InChI is InChI=1S/C22H23N3O6S/c1-30-19-5-3-2-4-16(19)6-9-22(27)24-10-12-25(13-11-24)32(28,29)17-7-8-20-18(14-17)23-21(26)15-31-20/h2-9,14H,10-13,15H2,1H3,(H,23,26)/b9-6+. The molecule has 0 atom stereocenters. The Morgan fingerprint density at radius 2 is 1.88 bits per heavy atom. The molecule has 0 saturated carbocycles. The third-order valence-corrected chi connectivity index (χ3v) is 7.21. The Balaban J connectivity index is 1.41. The van der Waals surface area contributed by atoms with Gasteiger partial charge in [-0.3, -0.25) is 9.59 Å². The van der Waals surface area contributed by atoms with Gasteiger partial charge in [0, 0.05) is 37.8 Å². The topological polar surface area (TPSA) is 105 Å². The van der Waals surface area contributed by atoms with Crippen LogP contribution in [0, 0.1) is 0 Å². The molecule has 2 aromatic carbocycles. The molecular formula is C22H23N3O6S. The second kappa shape index (κ2) is 9.01. The van der Waals surface area contributed by atoms with Crippen LogP contribution in [0.1, 0.15) is 5.56 Å². The largest absolute Gasteiger partial charge is 0.496 e. The molecule has 1 saturated heterocycles. The summed E-state index contributed by atoms with van der Waals surface area (Å²) in [5, 5.41) is 2.62. The van der Waals surface area contributed by atoms with Gasteiger partial charge in [0.2, 0.25) is 15.9 Å². The van der Waals surface area contributed by atoms with E-state index in [0.717, 1.165) is 5.56 Å². The maximum absolute atomic E-state index is 13.1. The summed E-state index contributed by atoms with van der Waals surface area (Å²) in [5.41, 5.74) is 1.12. The number of hydrogen-bond donors (Lipinski definition) is 1. The van der Waals surface area contributed by atoms with Gasteiger partial charge in [-0.15, -0.1) is 0 Å². The number of carbonyl (C=O) groups excluding carboxylic acids is 2. The zero-order valence-electron chi connectivity index (χ0n) is 17.5. The molecule has 2 aliphatic heterocycles. The van der Waals surface area contributed by atoms with Crippen molar-refractivity contribution in [2.45, 2.75) is 4.90 Å². The van der Waals surface area contributed by atoms with E-state index >= 15 is 0 Å². The number of anilines is 1. The molecule has 10 heteroatoms. The van der Waals surface area contributed by atoms with Crippen LogP contribution in [-0.4, -0.2) is 69.3 Å². The summed E-state index contributed by atoms with van der Waals surface area (Å²) in [5.74, 6) is 0.571. The Labute approximate surface area is 186 Å². The Kier molecular flexibility index (Phi) is 6.15. The summed E-state index contributed by atoms with van der Waals surface area (Å²) in [4.78, 5) is 25.8. The fourth-order valence-electron chi connectivity index (χ4n) is 3.59. The van der Waals surface area contributed by atoms with E-state index in [1.807, 2.05) is 24.3 Å². The number of rotatable bonds is 5. The minimum Gasteiger partial charge on any atom is -0.496 e. The normalized spacial score (nSPS) is 16.9. The van der Waals surface area contributed by atoms with E-state index in [0.29, 0.717) is 17.2 Å². The maximum atomic E-state index is 13.1. The lowest BCUT2D eigenvalue weighted by atomic mass is 10.2. The average molecular weight is 458 g/mol. The molecular weight excluding hydrogens is 434 g/mol. The fraction of sp³-hybridized carbons (Fsp3) is 0.273. The molecule has 0 bridgehead atoms. The van der Waals surface area contributed by atoms with Crippen LogP contribution >= 0.6 is 0 Å². The zero-order chi connectivity index (χ0) is 22.7. The van der Waals surface area contributed by atoms with Crippen LogP contribution in [0.4, 0.5) is 5.69 Å². The summed E-state index contributed by atoms with van der Waals surface area (Å²) < 4.78 is 38.0. The summed E-state index contributed by atoms with van der Waals surface area (Å²) in [6, 6.07) is 11.7. The lowest BCUT2D eigenvalue weighted by Gasteiger charge is -2.33. The minimum atomic E-state index is -3.77. The lowest BCUT2D eigenvalue weighted by Crippen LogP contribution is -2.50. The predicted octanol–water partition coefficient (Wildman–Crippen LogP) is 1.57. The summed E-state index contributed by atoms with van der Waals surface area (Å²) in [7, 11) is -2.21. The van der Waals surface area contributed by atoms with Crippen molar-refractivity contribution in [3.63, 3.8) is 0 Å². The van der Waals surface area contributed by atoms with Crippen molar-refractivity contribution in [1.82, 2.24) is 9.21 Å². The summed E-state index contributed by atoms with van der Waals surface area (Å²) in [6.45, 7) is 0.811. The highest BCUT2D eigenvalue weighted by Crippen LogP contribution is 2.31. The first kappa shape index (κ1) is 21.8. The van der Waals surface area contributed by atoms with Crippen LogP contribution < -0.4 is 14.8 Å². The summed E-state index contributed by atoms with van der Waals surface area (Å²) >= 11 is 0. The molecule has 2 amide bonds. The smallest absolute Gasteiger partial charge is 0.262 e. The number of ether oxygens (including phenoxy) is 2. The Morgan fingerprint density at radius 1 is 1.12 bits per heavy atom. The summed E-state index contributed by atoms with van der Waals surface area (Å²) in [6.07, 6.45) is 3.15. The van der Waals surface area contributed by atoms with Gasteiger partial charge >= 0.3 is 0 Å². The van der Waals surface area contributed by atoms with Gasteiger partial charge in [0.05, 0.1) is 17.7 Å². The number of fused-ring (bicyclic) bond motifs is 1. The van der Waals surface area contributed by atoms with Crippen molar-refractivity contribution >= 4 is 33.6 Å². The number of methoxy groups -OCH3 is 1. The molecule has 0 aliphatic carbocycles. The zero-order valence-corrected chi connectivity index (χ0v) is 18.3. The molecule has 0 spiro atoms. The van der Waals surface area contributed by atoms with Gasteiger partial charge < -0.3 is 19.7 Å². The van der Waals surface area contributed by atoms with Crippen molar-refractivity contribution in [3.05, 3.63) is 54.1 Å². The second-order valence-electron chi connectivity index (χ2n) is 7.30. The van der Waals surface area contributed by atoms with Crippen LogP contribution in [-0.2, 0) is 19.6 Å². The molecule has 2 heterocycles. The van der Waals surface area contributed by atoms with Crippen molar-refractivity contribution in [3.8, 4) is 11.5 Å². The molecule has 4 rings (SSSR count). The van der Waals surface area contributed by atoms with E-state index in [4.69, 9.17) is 9.47 Å². The highest BCUT2D eigenvalue weighted by Gasteiger charge is 2.30.